The molecule has 0 aliphatic heterocycles. The summed E-state index contributed by atoms with van der Waals surface area (Å²) in [4.78, 5) is 35.9. The molecule has 7 nitrogen and oxygen atoms in total. The largest absolute Gasteiger partial charge is 0.478 e. The summed E-state index contributed by atoms with van der Waals surface area (Å²) in [6.07, 6.45) is 1.91. The summed E-state index contributed by atoms with van der Waals surface area (Å²) in [6.45, 7) is 2.92. The minimum absolute atomic E-state index is 0.0121. The molecule has 2 N–H and O–H groups in total. The Kier molecular flexibility index (Phi) is 5.26. The van der Waals surface area contributed by atoms with E-state index in [2.05, 4.69) is 5.32 Å². The lowest BCUT2D eigenvalue weighted by Crippen LogP contribution is -2.45. The number of carboxylic acid groups (broad SMARTS) is 1. The van der Waals surface area contributed by atoms with Crippen molar-refractivity contribution < 1.29 is 19.5 Å². The molecule has 0 unspecified atom stereocenters. The standard InChI is InChI=1S/C13H17N3O4/c1-8(9(2)12(18)19)11(17)15-13(20)16(7-3-6-14)10-4-5-10/h10H,3-5,7H2,1-2H3,(H,18,19)(H,15,17,20). The maximum Gasteiger partial charge on any atom is 0.331 e. The summed E-state index contributed by atoms with van der Waals surface area (Å²) >= 11 is 0. The third kappa shape index (κ3) is 4.09. The Hall–Kier alpha value is -2.36. The van der Waals surface area contributed by atoms with Gasteiger partial charge in [-0.3, -0.25) is 10.1 Å². The van der Waals surface area contributed by atoms with Crippen LogP contribution in [0.3, 0.4) is 0 Å². The number of nitriles is 1. The lowest BCUT2D eigenvalue weighted by Gasteiger charge is -2.21. The van der Waals surface area contributed by atoms with E-state index in [4.69, 9.17) is 10.4 Å². The zero-order valence-corrected chi connectivity index (χ0v) is 11.5. The molecule has 0 saturated heterocycles. The molecule has 0 aromatic carbocycles. The Bertz CT molecular complexity index is 500. The number of nitrogens with one attached hydrogen (secondary N) is 1. The van der Waals surface area contributed by atoms with Crippen molar-refractivity contribution >= 4 is 17.9 Å². The minimum Gasteiger partial charge on any atom is -0.478 e. The van der Waals surface area contributed by atoms with Crippen LogP contribution < -0.4 is 5.32 Å². The molecular weight excluding hydrogens is 262 g/mol. The van der Waals surface area contributed by atoms with Crippen molar-refractivity contribution in [2.75, 3.05) is 6.54 Å². The summed E-state index contributed by atoms with van der Waals surface area (Å²) in [7, 11) is 0. The van der Waals surface area contributed by atoms with Gasteiger partial charge in [0.25, 0.3) is 5.91 Å². The van der Waals surface area contributed by atoms with Gasteiger partial charge in [-0.1, -0.05) is 0 Å². The fourth-order valence-electron chi connectivity index (χ4n) is 1.60. The van der Waals surface area contributed by atoms with E-state index in [9.17, 15) is 14.4 Å². The molecule has 0 radical (unpaired) electrons. The van der Waals surface area contributed by atoms with Crippen molar-refractivity contribution in [1.29, 1.82) is 5.26 Å². The van der Waals surface area contributed by atoms with E-state index < -0.39 is 17.9 Å². The maximum absolute atomic E-state index is 12.0. The van der Waals surface area contributed by atoms with E-state index in [1.54, 1.807) is 0 Å². The van der Waals surface area contributed by atoms with E-state index in [0.29, 0.717) is 0 Å². The predicted octanol–water partition coefficient (Wildman–Crippen LogP) is 1.02. The maximum atomic E-state index is 12.0. The molecule has 0 atom stereocenters. The Labute approximate surface area is 116 Å². The van der Waals surface area contributed by atoms with Crippen LogP contribution in [0.5, 0.6) is 0 Å². The summed E-state index contributed by atoms with van der Waals surface area (Å²) in [5.41, 5.74) is -0.118. The highest BCUT2D eigenvalue weighted by atomic mass is 16.4. The average Bonchev–Trinajstić information content (AvgIpc) is 3.21. The highest BCUT2D eigenvalue weighted by Gasteiger charge is 2.33. The third-order valence-electron chi connectivity index (χ3n) is 3.16. The number of nitrogens with zero attached hydrogens (tertiary/aromatic N) is 2. The SMILES string of the molecule is CC(C(=O)O)=C(C)C(=O)NC(=O)N(CCC#N)C1CC1. The van der Waals surface area contributed by atoms with Crippen LogP contribution in [0.25, 0.3) is 0 Å². The number of urea groups is 1. The van der Waals surface area contributed by atoms with Crippen LogP contribution in [-0.2, 0) is 9.59 Å². The quantitative estimate of drug-likeness (QED) is 0.730. The summed E-state index contributed by atoms with van der Waals surface area (Å²) in [6, 6.07) is 1.44. The van der Waals surface area contributed by atoms with Gasteiger partial charge in [0.05, 0.1) is 12.5 Å². The molecule has 0 heterocycles. The van der Waals surface area contributed by atoms with Gasteiger partial charge in [0.2, 0.25) is 0 Å². The Morgan fingerprint density at radius 2 is 1.90 bits per heavy atom. The Balaban J connectivity index is 2.69. The van der Waals surface area contributed by atoms with Crippen LogP contribution in [0.1, 0.15) is 33.1 Å². The predicted molar refractivity (Wildman–Crippen MR) is 69.5 cm³/mol. The monoisotopic (exact) mass is 279 g/mol. The van der Waals surface area contributed by atoms with Crippen LogP contribution in [0.2, 0.25) is 0 Å². The van der Waals surface area contributed by atoms with Gasteiger partial charge in [-0.2, -0.15) is 5.26 Å². The molecular formula is C13H17N3O4. The molecule has 108 valence electrons. The van der Waals surface area contributed by atoms with Crippen molar-refractivity contribution in [2.45, 2.75) is 39.2 Å². The summed E-state index contributed by atoms with van der Waals surface area (Å²) < 4.78 is 0. The second kappa shape index (κ2) is 6.70. The van der Waals surface area contributed by atoms with Gasteiger partial charge in [-0.15, -0.1) is 0 Å². The van der Waals surface area contributed by atoms with Crippen LogP contribution in [0.15, 0.2) is 11.1 Å². The number of carbonyl (C=O) groups excluding carboxylic acids is 2. The molecule has 1 fully saturated rings. The number of aliphatic carboxylic acids is 1. The van der Waals surface area contributed by atoms with Crippen molar-refractivity contribution in [2.24, 2.45) is 0 Å². The Morgan fingerprint density at radius 3 is 2.35 bits per heavy atom. The number of rotatable bonds is 5. The first-order chi connectivity index (χ1) is 9.38. The molecule has 0 aromatic heterocycles. The number of amides is 3. The Morgan fingerprint density at radius 1 is 1.30 bits per heavy atom. The molecule has 0 bridgehead atoms. The van der Waals surface area contributed by atoms with Crippen molar-refractivity contribution in [1.82, 2.24) is 10.2 Å². The van der Waals surface area contributed by atoms with Gasteiger partial charge >= 0.3 is 12.0 Å². The molecule has 1 saturated carbocycles. The normalized spacial score (nSPS) is 14.8. The van der Waals surface area contributed by atoms with E-state index >= 15 is 0 Å². The number of carbonyl (C=O) groups is 3. The number of carboxylic acids is 1. The first-order valence-corrected chi connectivity index (χ1v) is 6.28. The summed E-state index contributed by atoms with van der Waals surface area (Å²) in [5.74, 6) is -1.92. The van der Waals surface area contributed by atoms with Crippen LogP contribution in [-0.4, -0.2) is 40.5 Å². The fraction of sp³-hybridized carbons (Fsp3) is 0.538. The average molecular weight is 279 g/mol. The number of hydrogen-bond acceptors (Lipinski definition) is 4. The highest BCUT2D eigenvalue weighted by molar-refractivity contribution is 6.07. The van der Waals surface area contributed by atoms with Crippen molar-refractivity contribution in [3.8, 4) is 6.07 Å². The molecule has 0 spiro atoms. The molecule has 7 heteroatoms. The van der Waals surface area contributed by atoms with Crippen molar-refractivity contribution in [3.05, 3.63) is 11.1 Å². The second-order valence-electron chi connectivity index (χ2n) is 4.65. The van der Waals surface area contributed by atoms with Crippen LogP contribution in [0.4, 0.5) is 4.79 Å². The van der Waals surface area contributed by atoms with Gasteiger partial charge in [-0.05, 0) is 26.7 Å². The first-order valence-electron chi connectivity index (χ1n) is 6.28. The van der Waals surface area contributed by atoms with Gasteiger partial charge < -0.3 is 10.0 Å². The van der Waals surface area contributed by atoms with E-state index in [1.807, 2.05) is 6.07 Å². The molecule has 1 rings (SSSR count). The van der Waals surface area contributed by atoms with E-state index in [1.165, 1.54) is 18.7 Å². The molecule has 1 aliphatic rings. The minimum atomic E-state index is -1.20. The number of imide groups is 1. The van der Waals surface area contributed by atoms with E-state index in [-0.39, 0.29) is 30.2 Å². The zero-order chi connectivity index (χ0) is 15.3. The topological polar surface area (TPSA) is 110 Å². The van der Waals surface area contributed by atoms with Gasteiger partial charge in [0.1, 0.15) is 0 Å². The molecule has 20 heavy (non-hydrogen) atoms. The third-order valence-corrected chi connectivity index (χ3v) is 3.16. The van der Waals surface area contributed by atoms with Crippen LogP contribution >= 0.6 is 0 Å². The molecule has 1 aliphatic carbocycles. The number of hydrogen-bond donors (Lipinski definition) is 2. The fourth-order valence-corrected chi connectivity index (χ4v) is 1.60. The second-order valence-corrected chi connectivity index (χ2v) is 4.65. The molecule has 0 aromatic rings. The van der Waals surface area contributed by atoms with Gasteiger partial charge in [0, 0.05) is 23.7 Å². The zero-order valence-electron chi connectivity index (χ0n) is 11.5. The summed E-state index contributed by atoms with van der Waals surface area (Å²) in [5, 5.41) is 19.5. The van der Waals surface area contributed by atoms with Gasteiger partial charge in [0.15, 0.2) is 0 Å². The van der Waals surface area contributed by atoms with E-state index in [0.717, 1.165) is 12.8 Å². The van der Waals surface area contributed by atoms with Crippen LogP contribution in [0, 0.1) is 11.3 Å². The first kappa shape index (κ1) is 15.7. The highest BCUT2D eigenvalue weighted by Crippen LogP contribution is 2.26. The van der Waals surface area contributed by atoms with Crippen molar-refractivity contribution in [3.63, 3.8) is 0 Å². The molecule has 3 amide bonds. The lowest BCUT2D eigenvalue weighted by atomic mass is 10.1. The lowest BCUT2D eigenvalue weighted by molar-refractivity contribution is -0.133. The smallest absolute Gasteiger partial charge is 0.331 e. The van der Waals surface area contributed by atoms with Gasteiger partial charge in [-0.25, -0.2) is 9.59 Å².